The van der Waals surface area contributed by atoms with E-state index in [1.54, 1.807) is 25.4 Å². The molecule has 1 aromatic heterocycles. The van der Waals surface area contributed by atoms with Crippen LogP contribution in [-0.4, -0.2) is 22.5 Å². The molecular formula is C12H14N2O2. The predicted molar refractivity (Wildman–Crippen MR) is 59.7 cm³/mol. The summed E-state index contributed by atoms with van der Waals surface area (Å²) < 4.78 is 4.77. The largest absolute Gasteiger partial charge is 0.463 e. The highest BCUT2D eigenvalue weighted by molar-refractivity contribution is 5.86. The molecule has 84 valence electrons. The van der Waals surface area contributed by atoms with Crippen molar-refractivity contribution in [3.8, 4) is 0 Å². The van der Waals surface area contributed by atoms with Crippen LogP contribution in [0, 0.1) is 0 Å². The number of aromatic nitrogens is 2. The molecule has 1 aromatic rings. The summed E-state index contributed by atoms with van der Waals surface area (Å²) in [6, 6.07) is 0. The molecule has 1 heterocycles. The normalized spacial score (nSPS) is 15.3. The molecule has 4 heteroatoms. The second kappa shape index (κ2) is 4.88. The second-order valence-corrected chi connectivity index (χ2v) is 3.73. The minimum atomic E-state index is -0.339. The van der Waals surface area contributed by atoms with E-state index in [-0.39, 0.29) is 5.97 Å². The molecule has 0 amide bonds. The van der Waals surface area contributed by atoms with Crippen LogP contribution in [0.15, 0.2) is 18.5 Å². The van der Waals surface area contributed by atoms with Crippen LogP contribution >= 0.6 is 0 Å². The molecule has 1 fully saturated rings. The molecule has 0 unspecified atom stereocenters. The monoisotopic (exact) mass is 218 g/mol. The zero-order chi connectivity index (χ0) is 11.4. The molecule has 2 rings (SSSR count). The quantitative estimate of drug-likeness (QED) is 0.572. The van der Waals surface area contributed by atoms with Gasteiger partial charge < -0.3 is 4.74 Å². The first-order chi connectivity index (χ1) is 7.79. The summed E-state index contributed by atoms with van der Waals surface area (Å²) in [5.41, 5.74) is 0.817. The fraction of sp³-hybridized carbons (Fsp3) is 0.417. The van der Waals surface area contributed by atoms with Crippen LogP contribution in [0.4, 0.5) is 0 Å². The lowest BCUT2D eigenvalue weighted by Crippen LogP contribution is -1.98. The first-order valence-electron chi connectivity index (χ1n) is 5.46. The van der Waals surface area contributed by atoms with Crippen molar-refractivity contribution in [1.82, 2.24) is 9.97 Å². The molecule has 4 nitrogen and oxygen atoms in total. The lowest BCUT2D eigenvalue weighted by atomic mass is 10.3. The summed E-state index contributed by atoms with van der Waals surface area (Å²) in [6.07, 6.45) is 8.90. The molecule has 0 aromatic carbocycles. The van der Waals surface area contributed by atoms with Crippen LogP contribution in [0.5, 0.6) is 0 Å². The van der Waals surface area contributed by atoms with Gasteiger partial charge in [0.15, 0.2) is 0 Å². The lowest BCUT2D eigenvalue weighted by Gasteiger charge is -1.97. The van der Waals surface area contributed by atoms with Crippen LogP contribution in [0.25, 0.3) is 6.08 Å². The lowest BCUT2D eigenvalue weighted by molar-refractivity contribution is -0.137. The Labute approximate surface area is 94.4 Å². The Bertz CT molecular complexity index is 394. The Hall–Kier alpha value is -1.71. The number of carbonyl (C=O) groups is 1. The van der Waals surface area contributed by atoms with Gasteiger partial charge in [0.05, 0.1) is 6.61 Å². The van der Waals surface area contributed by atoms with Crippen molar-refractivity contribution in [2.75, 3.05) is 6.61 Å². The van der Waals surface area contributed by atoms with Crippen molar-refractivity contribution < 1.29 is 9.53 Å². The van der Waals surface area contributed by atoms with Crippen LogP contribution < -0.4 is 0 Å². The van der Waals surface area contributed by atoms with Crippen molar-refractivity contribution in [2.45, 2.75) is 25.7 Å². The van der Waals surface area contributed by atoms with E-state index in [4.69, 9.17) is 4.74 Å². The Morgan fingerprint density at radius 3 is 2.75 bits per heavy atom. The molecule has 0 bridgehead atoms. The van der Waals surface area contributed by atoms with Gasteiger partial charge in [-0.15, -0.1) is 0 Å². The fourth-order valence-electron chi connectivity index (χ4n) is 1.34. The summed E-state index contributed by atoms with van der Waals surface area (Å²) in [5, 5.41) is 0. The van der Waals surface area contributed by atoms with E-state index >= 15 is 0 Å². The van der Waals surface area contributed by atoms with Crippen LogP contribution in [0.3, 0.4) is 0 Å². The summed E-state index contributed by atoms with van der Waals surface area (Å²) in [5.74, 6) is 1.13. The Morgan fingerprint density at radius 1 is 1.50 bits per heavy atom. The fourth-order valence-corrected chi connectivity index (χ4v) is 1.34. The third-order valence-electron chi connectivity index (χ3n) is 2.33. The van der Waals surface area contributed by atoms with Crippen LogP contribution in [0.1, 0.15) is 37.1 Å². The van der Waals surface area contributed by atoms with Gasteiger partial charge in [-0.3, -0.25) is 0 Å². The van der Waals surface area contributed by atoms with Crippen molar-refractivity contribution in [1.29, 1.82) is 0 Å². The molecule has 0 aliphatic heterocycles. The van der Waals surface area contributed by atoms with Gasteiger partial charge in [-0.05, 0) is 25.8 Å². The molecule has 0 atom stereocenters. The van der Waals surface area contributed by atoms with Crippen molar-refractivity contribution in [2.24, 2.45) is 0 Å². The van der Waals surface area contributed by atoms with Crippen LogP contribution in [-0.2, 0) is 9.53 Å². The zero-order valence-corrected chi connectivity index (χ0v) is 9.22. The molecular weight excluding hydrogens is 204 g/mol. The highest BCUT2D eigenvalue weighted by atomic mass is 16.5. The molecule has 0 spiro atoms. The maximum Gasteiger partial charge on any atom is 0.330 e. The van der Waals surface area contributed by atoms with Crippen molar-refractivity contribution in [3.63, 3.8) is 0 Å². The molecule has 16 heavy (non-hydrogen) atoms. The van der Waals surface area contributed by atoms with Crippen molar-refractivity contribution in [3.05, 3.63) is 29.9 Å². The summed E-state index contributed by atoms with van der Waals surface area (Å²) in [6.45, 7) is 2.17. The molecule has 0 radical (unpaired) electrons. The second-order valence-electron chi connectivity index (χ2n) is 3.73. The standard InChI is InChI=1S/C12H14N2O2/c1-2-16-11(15)6-3-9-7-13-12(14-8-9)10-4-5-10/h3,6-8,10H,2,4-5H2,1H3. The van der Waals surface area contributed by atoms with Gasteiger partial charge in [0.2, 0.25) is 0 Å². The van der Waals surface area contributed by atoms with Gasteiger partial charge in [0, 0.05) is 30.0 Å². The average Bonchev–Trinajstić information content (AvgIpc) is 3.11. The molecule has 1 aliphatic carbocycles. The van der Waals surface area contributed by atoms with Gasteiger partial charge in [-0.25, -0.2) is 14.8 Å². The molecule has 0 N–H and O–H groups in total. The van der Waals surface area contributed by atoms with E-state index in [0.717, 1.165) is 11.4 Å². The van der Waals surface area contributed by atoms with E-state index in [9.17, 15) is 4.79 Å². The van der Waals surface area contributed by atoms with Gasteiger partial charge in [0.25, 0.3) is 0 Å². The Morgan fingerprint density at radius 2 is 2.19 bits per heavy atom. The number of rotatable bonds is 4. The molecule has 0 saturated heterocycles. The van der Waals surface area contributed by atoms with Gasteiger partial charge in [-0.1, -0.05) is 0 Å². The smallest absolute Gasteiger partial charge is 0.330 e. The Balaban J connectivity index is 1.96. The summed E-state index contributed by atoms with van der Waals surface area (Å²) in [4.78, 5) is 19.6. The minimum Gasteiger partial charge on any atom is -0.463 e. The molecule has 1 aliphatic rings. The summed E-state index contributed by atoms with van der Waals surface area (Å²) >= 11 is 0. The van der Waals surface area contributed by atoms with E-state index in [1.807, 2.05) is 0 Å². The number of carbonyl (C=O) groups excluding carboxylic acids is 1. The van der Waals surface area contributed by atoms with Crippen LogP contribution in [0.2, 0.25) is 0 Å². The zero-order valence-electron chi connectivity index (χ0n) is 9.22. The Kier molecular flexibility index (Phi) is 3.29. The SMILES string of the molecule is CCOC(=O)C=Cc1cnc(C2CC2)nc1. The predicted octanol–water partition coefficient (Wildman–Crippen LogP) is 1.93. The number of ether oxygens (including phenoxy) is 1. The average molecular weight is 218 g/mol. The maximum absolute atomic E-state index is 11.1. The third-order valence-corrected chi connectivity index (χ3v) is 2.33. The first-order valence-corrected chi connectivity index (χ1v) is 5.46. The van der Waals surface area contributed by atoms with E-state index in [2.05, 4.69) is 9.97 Å². The highest BCUT2D eigenvalue weighted by Gasteiger charge is 2.25. The van der Waals surface area contributed by atoms with E-state index in [0.29, 0.717) is 12.5 Å². The topological polar surface area (TPSA) is 52.1 Å². The first kappa shape index (κ1) is 10.8. The number of esters is 1. The van der Waals surface area contributed by atoms with E-state index < -0.39 is 0 Å². The number of nitrogens with zero attached hydrogens (tertiary/aromatic N) is 2. The number of hydrogen-bond donors (Lipinski definition) is 0. The molecule has 1 saturated carbocycles. The highest BCUT2D eigenvalue weighted by Crippen LogP contribution is 2.37. The van der Waals surface area contributed by atoms with Crippen molar-refractivity contribution >= 4 is 12.0 Å². The third kappa shape index (κ3) is 2.89. The van der Waals surface area contributed by atoms with E-state index in [1.165, 1.54) is 18.9 Å². The van der Waals surface area contributed by atoms with Gasteiger partial charge in [0.1, 0.15) is 5.82 Å². The number of hydrogen-bond acceptors (Lipinski definition) is 4. The summed E-state index contributed by atoms with van der Waals surface area (Å²) in [7, 11) is 0. The van der Waals surface area contributed by atoms with Gasteiger partial charge >= 0.3 is 5.97 Å². The maximum atomic E-state index is 11.1. The minimum absolute atomic E-state index is 0.339. The van der Waals surface area contributed by atoms with Gasteiger partial charge in [-0.2, -0.15) is 0 Å².